The van der Waals surface area contributed by atoms with Gasteiger partial charge in [0.15, 0.2) is 5.69 Å². The molecule has 1 aromatic rings. The predicted molar refractivity (Wildman–Crippen MR) is 114 cm³/mol. The zero-order chi connectivity index (χ0) is 22.8. The Balaban J connectivity index is 1.67. The largest absolute Gasteiger partial charge is 0.461 e. The molecule has 2 atom stereocenters. The van der Waals surface area contributed by atoms with E-state index < -0.39 is 5.97 Å². The van der Waals surface area contributed by atoms with Crippen molar-refractivity contribution in [1.29, 1.82) is 0 Å². The van der Waals surface area contributed by atoms with Gasteiger partial charge in [0.1, 0.15) is 0 Å². The molecule has 3 rings (SSSR count). The van der Waals surface area contributed by atoms with Gasteiger partial charge in [0.05, 0.1) is 24.9 Å². The van der Waals surface area contributed by atoms with Gasteiger partial charge in [-0.2, -0.15) is 5.10 Å². The summed E-state index contributed by atoms with van der Waals surface area (Å²) in [5.74, 6) is -0.417. The van der Waals surface area contributed by atoms with Crippen LogP contribution in [-0.4, -0.2) is 58.5 Å². The molecule has 2 heterocycles. The summed E-state index contributed by atoms with van der Waals surface area (Å²) in [6.45, 7) is 9.89. The second-order valence-electron chi connectivity index (χ2n) is 9.88. The number of carbonyl (C=O) groups excluding carboxylic acids is 3. The van der Waals surface area contributed by atoms with Crippen molar-refractivity contribution < 1.29 is 19.1 Å². The molecule has 170 valence electrons. The lowest BCUT2D eigenvalue weighted by molar-refractivity contribution is 0.0511. The number of carbonyl (C=O) groups is 2. The van der Waals surface area contributed by atoms with Crippen LogP contribution in [-0.2, 0) is 29.5 Å². The maximum atomic E-state index is 13.0. The highest BCUT2D eigenvalue weighted by Gasteiger charge is 2.42. The topological polar surface area (TPSA) is 106 Å². The zero-order valence-electron chi connectivity index (χ0n) is 19.2. The predicted octanol–water partition coefficient (Wildman–Crippen LogP) is 2.59. The molecule has 1 aliphatic heterocycles. The van der Waals surface area contributed by atoms with Crippen LogP contribution in [0.1, 0.15) is 68.7 Å². The number of amides is 2. The Kier molecular flexibility index (Phi) is 6.55. The first kappa shape index (κ1) is 23.0. The monoisotopic (exact) mass is 431 g/mol. The van der Waals surface area contributed by atoms with Crippen molar-refractivity contribution in [1.82, 2.24) is 20.0 Å². The number of isocyanates is 1. The summed E-state index contributed by atoms with van der Waals surface area (Å²) in [7, 11) is 1.72. The number of hydrogen-bond donors (Lipinski definition) is 1. The molecular weight excluding hydrogens is 398 g/mol. The van der Waals surface area contributed by atoms with Gasteiger partial charge in [-0.05, 0) is 37.0 Å². The number of rotatable bonds is 5. The highest BCUT2D eigenvalue weighted by atomic mass is 16.5. The first-order chi connectivity index (χ1) is 14.6. The summed E-state index contributed by atoms with van der Waals surface area (Å²) >= 11 is 0. The summed E-state index contributed by atoms with van der Waals surface area (Å²) in [5, 5.41) is 7.51. The van der Waals surface area contributed by atoms with Gasteiger partial charge < -0.3 is 15.0 Å². The molecule has 0 radical (unpaired) electrons. The fraction of sp³-hybridized carbons (Fsp3) is 0.727. The van der Waals surface area contributed by atoms with Crippen LogP contribution >= 0.6 is 0 Å². The Bertz CT molecular complexity index is 902. The van der Waals surface area contributed by atoms with Gasteiger partial charge in [0.2, 0.25) is 6.08 Å². The molecule has 0 saturated heterocycles. The Morgan fingerprint density at radius 3 is 2.74 bits per heavy atom. The van der Waals surface area contributed by atoms with Crippen LogP contribution in [0.2, 0.25) is 0 Å². The Hall–Kier alpha value is -2.67. The van der Waals surface area contributed by atoms with E-state index in [1.807, 2.05) is 0 Å². The average molecular weight is 432 g/mol. The quantitative estimate of drug-likeness (QED) is 0.438. The minimum absolute atomic E-state index is 0.0347. The van der Waals surface area contributed by atoms with Crippen molar-refractivity contribution >= 4 is 18.1 Å². The second-order valence-corrected chi connectivity index (χ2v) is 9.88. The molecule has 31 heavy (non-hydrogen) atoms. The number of nitrogens with one attached hydrogen (secondary N) is 1. The van der Waals surface area contributed by atoms with Crippen molar-refractivity contribution in [2.24, 2.45) is 22.9 Å². The normalized spacial score (nSPS) is 24.7. The van der Waals surface area contributed by atoms with Crippen LogP contribution < -0.4 is 5.32 Å². The van der Waals surface area contributed by atoms with Crippen LogP contribution in [0.5, 0.6) is 0 Å². The van der Waals surface area contributed by atoms with Crippen molar-refractivity contribution in [2.75, 3.05) is 19.7 Å². The maximum Gasteiger partial charge on any atom is 0.356 e. The number of fused-ring (bicyclic) bond motifs is 1. The molecule has 0 aromatic carbocycles. The summed E-state index contributed by atoms with van der Waals surface area (Å²) in [5.41, 5.74) is 1.88. The van der Waals surface area contributed by atoms with E-state index >= 15 is 0 Å². The van der Waals surface area contributed by atoms with E-state index in [1.165, 1.54) is 0 Å². The van der Waals surface area contributed by atoms with Crippen LogP contribution in [0.25, 0.3) is 0 Å². The van der Waals surface area contributed by atoms with E-state index in [0.29, 0.717) is 31.7 Å². The van der Waals surface area contributed by atoms with Gasteiger partial charge in [-0.1, -0.05) is 20.8 Å². The van der Waals surface area contributed by atoms with Gasteiger partial charge in [-0.15, -0.1) is 0 Å². The van der Waals surface area contributed by atoms with Crippen molar-refractivity contribution in [3.05, 3.63) is 17.0 Å². The Morgan fingerprint density at radius 2 is 2.06 bits per heavy atom. The third kappa shape index (κ3) is 5.15. The molecule has 1 fully saturated rings. The minimum Gasteiger partial charge on any atom is -0.461 e. The van der Waals surface area contributed by atoms with Crippen LogP contribution in [0.3, 0.4) is 0 Å². The van der Waals surface area contributed by atoms with Crippen molar-refractivity contribution in [3.63, 3.8) is 0 Å². The van der Waals surface area contributed by atoms with E-state index in [0.717, 1.165) is 30.5 Å². The zero-order valence-corrected chi connectivity index (χ0v) is 19.2. The maximum absolute atomic E-state index is 13.0. The third-order valence-corrected chi connectivity index (χ3v) is 6.28. The first-order valence-electron chi connectivity index (χ1n) is 10.9. The van der Waals surface area contributed by atoms with Crippen LogP contribution in [0.4, 0.5) is 4.79 Å². The Labute approximate surface area is 183 Å². The van der Waals surface area contributed by atoms with Crippen LogP contribution in [0.15, 0.2) is 4.99 Å². The van der Waals surface area contributed by atoms with Gasteiger partial charge in [0.25, 0.3) is 0 Å². The molecule has 9 nitrogen and oxygen atoms in total. The van der Waals surface area contributed by atoms with E-state index in [1.54, 1.807) is 29.6 Å². The number of aliphatic imine (C=N–C) groups is 1. The number of ether oxygens (including phenoxy) is 1. The molecule has 9 heteroatoms. The summed E-state index contributed by atoms with van der Waals surface area (Å²) in [6.07, 6.45) is 4.81. The summed E-state index contributed by atoms with van der Waals surface area (Å²) < 4.78 is 6.71. The highest BCUT2D eigenvalue weighted by Crippen LogP contribution is 2.46. The molecule has 1 aromatic heterocycles. The first-order valence-corrected chi connectivity index (χ1v) is 10.9. The lowest BCUT2D eigenvalue weighted by Gasteiger charge is -2.45. The van der Waals surface area contributed by atoms with Gasteiger partial charge in [0, 0.05) is 32.1 Å². The lowest BCUT2D eigenvalue weighted by Crippen LogP contribution is -2.49. The number of urea groups is 1. The smallest absolute Gasteiger partial charge is 0.356 e. The van der Waals surface area contributed by atoms with Gasteiger partial charge >= 0.3 is 12.0 Å². The molecular formula is C22H33N5O4. The van der Waals surface area contributed by atoms with Crippen LogP contribution in [0, 0.1) is 10.8 Å². The molecule has 1 saturated carbocycles. The molecule has 1 aliphatic carbocycles. The molecule has 1 N–H and O–H groups in total. The van der Waals surface area contributed by atoms with E-state index in [9.17, 15) is 14.4 Å². The number of aryl methyl sites for hydroxylation is 1. The minimum atomic E-state index is -0.417. The summed E-state index contributed by atoms with van der Waals surface area (Å²) in [4.78, 5) is 41.8. The SMILES string of the molecule is CCOC(=O)c1c2c(nn1C)CCN(C(=O)NCC1(C)CC(N=C=O)CC(C)(C)C1)C2. The molecule has 2 aliphatic rings. The number of aromatic nitrogens is 2. The number of hydrogen-bond acceptors (Lipinski definition) is 6. The average Bonchev–Trinajstić information content (AvgIpc) is 3.00. The highest BCUT2D eigenvalue weighted by molar-refractivity contribution is 5.90. The molecule has 0 spiro atoms. The molecule has 2 unspecified atom stereocenters. The van der Waals surface area contributed by atoms with Gasteiger partial charge in [-0.25, -0.2) is 19.4 Å². The number of esters is 1. The van der Waals surface area contributed by atoms with Crippen molar-refractivity contribution in [3.8, 4) is 0 Å². The Morgan fingerprint density at radius 1 is 1.32 bits per heavy atom. The second kappa shape index (κ2) is 8.83. The fourth-order valence-corrected chi connectivity index (χ4v) is 5.41. The lowest BCUT2D eigenvalue weighted by atomic mass is 9.63. The van der Waals surface area contributed by atoms with E-state index in [4.69, 9.17) is 4.74 Å². The third-order valence-electron chi connectivity index (χ3n) is 6.28. The van der Waals surface area contributed by atoms with E-state index in [-0.39, 0.29) is 29.5 Å². The van der Waals surface area contributed by atoms with E-state index in [2.05, 4.69) is 36.2 Å². The standard InChI is InChI=1S/C22H33N5O4/c1-6-31-19(29)18-16-11-27(8-7-17(16)25-26(18)5)20(30)23-13-22(4)10-15(24-14-28)9-21(2,3)12-22/h15H,6-13H2,1-5H3,(H,23,30). The summed E-state index contributed by atoms with van der Waals surface area (Å²) in [6, 6.07) is -0.229. The number of nitrogens with zero attached hydrogens (tertiary/aromatic N) is 4. The van der Waals surface area contributed by atoms with Crippen molar-refractivity contribution in [2.45, 2.75) is 66.0 Å². The fourth-order valence-electron chi connectivity index (χ4n) is 5.41. The van der Waals surface area contributed by atoms with Gasteiger partial charge in [-0.3, -0.25) is 4.68 Å². The molecule has 2 amide bonds. The molecule has 0 bridgehead atoms.